The minimum Gasteiger partial charge on any atom is -0.493 e. The highest BCUT2D eigenvalue weighted by Crippen LogP contribution is 2.42. The fourth-order valence-electron chi connectivity index (χ4n) is 3.06. The molecule has 0 spiro atoms. The van der Waals surface area contributed by atoms with Crippen LogP contribution in [-0.4, -0.2) is 40.2 Å². The number of esters is 1. The number of hydrogen-bond acceptors (Lipinski definition) is 7. The molecule has 0 amide bonds. The summed E-state index contributed by atoms with van der Waals surface area (Å²) in [6, 6.07) is 12.2. The lowest BCUT2D eigenvalue weighted by Crippen LogP contribution is -2.12. The lowest BCUT2D eigenvalue weighted by Gasteiger charge is -2.15. The normalized spacial score (nSPS) is 10.3. The zero-order valence-electron chi connectivity index (χ0n) is 16.5. The highest BCUT2D eigenvalue weighted by atomic mass is 16.5. The maximum Gasteiger partial charge on any atom is 0.341 e. The van der Waals surface area contributed by atoms with Gasteiger partial charge in [0.05, 0.1) is 39.6 Å². The Morgan fingerprint density at radius 3 is 2.07 bits per heavy atom. The molecule has 1 aromatic heterocycles. The van der Waals surface area contributed by atoms with Crippen molar-refractivity contribution in [1.29, 1.82) is 0 Å². The summed E-state index contributed by atoms with van der Waals surface area (Å²) in [6.07, 6.45) is 1.22. The molecule has 0 saturated heterocycles. The number of benzene rings is 2. The van der Waals surface area contributed by atoms with E-state index in [2.05, 4.69) is 0 Å². The van der Waals surface area contributed by atoms with Crippen molar-refractivity contribution in [3.05, 3.63) is 65.4 Å². The molecule has 0 aliphatic rings. The molecule has 0 fully saturated rings. The Morgan fingerprint density at radius 2 is 1.48 bits per heavy atom. The van der Waals surface area contributed by atoms with Gasteiger partial charge in [0.1, 0.15) is 17.6 Å². The highest BCUT2D eigenvalue weighted by molar-refractivity contribution is 6.19. The topological polar surface area (TPSA) is 84.2 Å². The first-order valence-corrected chi connectivity index (χ1v) is 8.66. The Balaban J connectivity index is 2.24. The number of carbonyl (C=O) groups excluding carboxylic acids is 2. The molecule has 2 aromatic carbocycles. The molecule has 0 unspecified atom stereocenters. The van der Waals surface area contributed by atoms with Crippen molar-refractivity contribution in [2.45, 2.75) is 0 Å². The maximum atomic E-state index is 13.5. The van der Waals surface area contributed by atoms with Gasteiger partial charge in [-0.1, -0.05) is 30.3 Å². The summed E-state index contributed by atoms with van der Waals surface area (Å²) in [5.41, 5.74) is 0.932. The third-order valence-electron chi connectivity index (χ3n) is 4.41. The largest absolute Gasteiger partial charge is 0.493 e. The molecular weight excluding hydrogens is 376 g/mol. The van der Waals surface area contributed by atoms with Gasteiger partial charge < -0.3 is 23.4 Å². The van der Waals surface area contributed by atoms with Gasteiger partial charge >= 0.3 is 5.97 Å². The molecule has 3 rings (SSSR count). The molecular formula is C22H20O7. The van der Waals surface area contributed by atoms with E-state index in [0.29, 0.717) is 11.3 Å². The molecule has 1 heterocycles. The van der Waals surface area contributed by atoms with Crippen molar-refractivity contribution < 1.29 is 33.0 Å². The van der Waals surface area contributed by atoms with E-state index in [-0.39, 0.29) is 33.9 Å². The summed E-state index contributed by atoms with van der Waals surface area (Å²) in [5, 5.41) is 0. The second-order valence-electron chi connectivity index (χ2n) is 5.92. The van der Waals surface area contributed by atoms with Gasteiger partial charge in [-0.3, -0.25) is 4.79 Å². The highest BCUT2D eigenvalue weighted by Gasteiger charge is 2.30. The zero-order chi connectivity index (χ0) is 21.0. The number of ether oxygens (including phenoxy) is 4. The van der Waals surface area contributed by atoms with E-state index in [9.17, 15) is 9.59 Å². The number of rotatable bonds is 7. The molecule has 7 nitrogen and oxygen atoms in total. The lowest BCUT2D eigenvalue weighted by molar-refractivity contribution is 0.0597. The molecule has 150 valence electrons. The van der Waals surface area contributed by atoms with Gasteiger partial charge in [-0.25, -0.2) is 4.79 Å². The number of hydrogen-bond donors (Lipinski definition) is 0. The number of furan rings is 1. The van der Waals surface area contributed by atoms with Crippen molar-refractivity contribution in [3.8, 4) is 28.6 Å². The molecule has 0 saturated carbocycles. The average molecular weight is 396 g/mol. The number of ketones is 1. The summed E-state index contributed by atoms with van der Waals surface area (Å²) >= 11 is 0. The Bertz CT molecular complexity index is 1030. The molecule has 0 bridgehead atoms. The fourth-order valence-corrected chi connectivity index (χ4v) is 3.06. The van der Waals surface area contributed by atoms with E-state index < -0.39 is 11.8 Å². The predicted octanol–water partition coefficient (Wildman–Crippen LogP) is 3.99. The van der Waals surface area contributed by atoms with Crippen LogP contribution in [0.2, 0.25) is 0 Å². The van der Waals surface area contributed by atoms with Crippen molar-refractivity contribution in [2.24, 2.45) is 0 Å². The van der Waals surface area contributed by atoms with Gasteiger partial charge in [-0.2, -0.15) is 0 Å². The van der Waals surface area contributed by atoms with Crippen LogP contribution in [0.3, 0.4) is 0 Å². The first kappa shape index (κ1) is 20.0. The van der Waals surface area contributed by atoms with Crippen molar-refractivity contribution in [1.82, 2.24) is 0 Å². The Labute approximate surface area is 167 Å². The van der Waals surface area contributed by atoms with Crippen LogP contribution < -0.4 is 14.2 Å². The standard InChI is InChI=1S/C22H20O7/c1-25-16-11-10-14(20(26-2)21(16)27-3)18(23)17-15(22(24)28-4)12-29-19(17)13-8-6-5-7-9-13/h5-12H,1-4H3. The van der Waals surface area contributed by atoms with Crippen molar-refractivity contribution in [3.63, 3.8) is 0 Å². The van der Waals surface area contributed by atoms with Gasteiger partial charge in [-0.05, 0) is 12.1 Å². The third-order valence-corrected chi connectivity index (χ3v) is 4.41. The SMILES string of the molecule is COC(=O)c1coc(-c2ccccc2)c1C(=O)c1ccc(OC)c(OC)c1OC. The van der Waals surface area contributed by atoms with Gasteiger partial charge in [0, 0.05) is 5.56 Å². The van der Waals surface area contributed by atoms with Gasteiger partial charge in [0.2, 0.25) is 11.5 Å². The van der Waals surface area contributed by atoms with E-state index in [0.717, 1.165) is 0 Å². The van der Waals surface area contributed by atoms with E-state index in [4.69, 9.17) is 23.4 Å². The Morgan fingerprint density at radius 1 is 0.793 bits per heavy atom. The van der Waals surface area contributed by atoms with E-state index >= 15 is 0 Å². The first-order valence-electron chi connectivity index (χ1n) is 8.66. The second kappa shape index (κ2) is 8.52. The zero-order valence-corrected chi connectivity index (χ0v) is 16.5. The Hall–Kier alpha value is -3.74. The third kappa shape index (κ3) is 3.54. The minimum absolute atomic E-state index is 0.0215. The minimum atomic E-state index is -0.682. The molecule has 0 atom stereocenters. The molecule has 7 heteroatoms. The van der Waals surface area contributed by atoms with E-state index in [1.54, 1.807) is 36.4 Å². The molecule has 0 N–H and O–H groups in total. The number of methoxy groups -OCH3 is 4. The summed E-state index contributed by atoms with van der Waals surface area (Å²) in [7, 11) is 5.59. The number of carbonyl (C=O) groups is 2. The van der Waals surface area contributed by atoms with Crippen molar-refractivity contribution in [2.75, 3.05) is 28.4 Å². The molecule has 0 radical (unpaired) electrons. The van der Waals surface area contributed by atoms with E-state index in [1.165, 1.54) is 34.7 Å². The van der Waals surface area contributed by atoms with Crippen molar-refractivity contribution >= 4 is 11.8 Å². The predicted molar refractivity (Wildman–Crippen MR) is 105 cm³/mol. The molecule has 29 heavy (non-hydrogen) atoms. The van der Waals surface area contributed by atoms with Crippen LogP contribution >= 0.6 is 0 Å². The Kier molecular flexibility index (Phi) is 5.87. The van der Waals surface area contributed by atoms with E-state index in [1.807, 2.05) is 6.07 Å². The van der Waals surface area contributed by atoms with Gasteiger partial charge in [0.15, 0.2) is 11.5 Å². The smallest absolute Gasteiger partial charge is 0.341 e. The lowest BCUT2D eigenvalue weighted by atomic mass is 9.96. The maximum absolute atomic E-state index is 13.5. The quantitative estimate of drug-likeness (QED) is 0.441. The average Bonchev–Trinajstić information content (AvgIpc) is 3.22. The summed E-state index contributed by atoms with van der Waals surface area (Å²) in [4.78, 5) is 25.8. The fraction of sp³-hybridized carbons (Fsp3) is 0.182. The second-order valence-corrected chi connectivity index (χ2v) is 5.92. The van der Waals surface area contributed by atoms with Crippen LogP contribution in [0.4, 0.5) is 0 Å². The van der Waals surface area contributed by atoms with Crippen LogP contribution in [0.1, 0.15) is 26.3 Å². The molecule has 3 aromatic rings. The molecule has 0 aliphatic heterocycles. The van der Waals surface area contributed by atoms with Crippen LogP contribution in [0.25, 0.3) is 11.3 Å². The van der Waals surface area contributed by atoms with Crippen LogP contribution in [0, 0.1) is 0 Å². The summed E-state index contributed by atoms with van der Waals surface area (Å²) in [6.45, 7) is 0. The summed E-state index contributed by atoms with van der Waals surface area (Å²) < 4.78 is 26.5. The first-order chi connectivity index (χ1) is 14.1. The van der Waals surface area contributed by atoms with Gasteiger partial charge in [0.25, 0.3) is 0 Å². The van der Waals surface area contributed by atoms with Crippen LogP contribution in [0.15, 0.2) is 53.1 Å². The van der Waals surface area contributed by atoms with Crippen LogP contribution in [-0.2, 0) is 4.74 Å². The monoisotopic (exact) mass is 396 g/mol. The summed E-state index contributed by atoms with van der Waals surface area (Å²) in [5.74, 6) is -0.0370. The van der Waals surface area contributed by atoms with Gasteiger partial charge in [-0.15, -0.1) is 0 Å². The molecule has 0 aliphatic carbocycles. The van der Waals surface area contributed by atoms with Crippen LogP contribution in [0.5, 0.6) is 17.2 Å².